The molecule has 5 heteroatoms. The van der Waals surface area contributed by atoms with Crippen molar-refractivity contribution in [2.75, 3.05) is 18.1 Å². The van der Waals surface area contributed by atoms with Gasteiger partial charge in [0.15, 0.2) is 0 Å². The lowest BCUT2D eigenvalue weighted by Gasteiger charge is -2.15. The van der Waals surface area contributed by atoms with Gasteiger partial charge < -0.3 is 10.1 Å². The molecular weight excluding hydrogens is 342 g/mol. The number of rotatable bonds is 8. The molecule has 0 saturated carbocycles. The Hall–Kier alpha value is -1.65. The van der Waals surface area contributed by atoms with Crippen molar-refractivity contribution in [3.8, 4) is 5.75 Å². The number of nitrogens with one attached hydrogen (secondary N) is 1. The highest BCUT2D eigenvalue weighted by atomic mass is 35.5. The highest BCUT2D eigenvalue weighted by Crippen LogP contribution is 2.22. The van der Waals surface area contributed by atoms with E-state index in [2.05, 4.69) is 5.32 Å². The molecule has 0 aliphatic carbocycles. The van der Waals surface area contributed by atoms with Crippen LogP contribution in [-0.2, 0) is 4.79 Å². The lowest BCUT2D eigenvalue weighted by molar-refractivity contribution is -0.119. The van der Waals surface area contributed by atoms with Crippen molar-refractivity contribution in [1.82, 2.24) is 5.32 Å². The molecule has 128 valence electrons. The number of thioether (sulfide) groups is 1. The second kappa shape index (κ2) is 9.60. The standard InChI is InChI=1S/C19H22ClNO2S/c1-14-7-9-16(10-8-14)23-11-12-24-13-19(22)21-15(2)17-5-3-4-6-18(17)20/h3-10,15H,11-13H2,1-2H3,(H,21,22). The van der Waals surface area contributed by atoms with Crippen LogP contribution in [0.2, 0.25) is 5.02 Å². The van der Waals surface area contributed by atoms with Gasteiger partial charge >= 0.3 is 0 Å². The molecule has 3 nitrogen and oxygen atoms in total. The number of carbonyl (C=O) groups excluding carboxylic acids is 1. The molecule has 2 aromatic carbocycles. The van der Waals surface area contributed by atoms with E-state index in [9.17, 15) is 4.79 Å². The van der Waals surface area contributed by atoms with E-state index in [1.165, 1.54) is 5.56 Å². The SMILES string of the molecule is Cc1ccc(OCCSCC(=O)NC(C)c2ccccc2Cl)cc1. The molecule has 1 unspecified atom stereocenters. The van der Waals surface area contributed by atoms with Crippen LogP contribution in [0, 0.1) is 6.92 Å². The molecule has 24 heavy (non-hydrogen) atoms. The largest absolute Gasteiger partial charge is 0.493 e. The Labute approximate surface area is 152 Å². The van der Waals surface area contributed by atoms with Crippen molar-refractivity contribution in [2.24, 2.45) is 0 Å². The number of amides is 1. The Balaban J connectivity index is 1.64. The van der Waals surface area contributed by atoms with Crippen LogP contribution in [0.15, 0.2) is 48.5 Å². The number of ether oxygens (including phenoxy) is 1. The first-order valence-corrected chi connectivity index (χ1v) is 9.40. The summed E-state index contributed by atoms with van der Waals surface area (Å²) < 4.78 is 5.64. The zero-order valence-corrected chi connectivity index (χ0v) is 15.5. The fraction of sp³-hybridized carbons (Fsp3) is 0.316. The first-order chi connectivity index (χ1) is 11.6. The molecule has 0 bridgehead atoms. The van der Waals surface area contributed by atoms with E-state index in [0.717, 1.165) is 17.1 Å². The third kappa shape index (κ3) is 6.10. The molecule has 0 radical (unpaired) electrons. The number of benzene rings is 2. The van der Waals surface area contributed by atoms with Crippen molar-refractivity contribution in [3.63, 3.8) is 0 Å². The fourth-order valence-corrected chi connectivity index (χ4v) is 3.12. The average molecular weight is 364 g/mol. The summed E-state index contributed by atoms with van der Waals surface area (Å²) >= 11 is 7.70. The van der Waals surface area contributed by atoms with E-state index in [4.69, 9.17) is 16.3 Å². The summed E-state index contributed by atoms with van der Waals surface area (Å²) in [5.74, 6) is 2.04. The minimum absolute atomic E-state index is 0.00255. The van der Waals surface area contributed by atoms with Gasteiger partial charge in [-0.1, -0.05) is 47.5 Å². The van der Waals surface area contributed by atoms with Gasteiger partial charge in [-0.05, 0) is 37.6 Å². The molecule has 2 rings (SSSR count). The van der Waals surface area contributed by atoms with E-state index < -0.39 is 0 Å². The molecule has 1 amide bonds. The summed E-state index contributed by atoms with van der Waals surface area (Å²) in [4.78, 5) is 12.0. The van der Waals surface area contributed by atoms with Crippen LogP contribution in [0.4, 0.5) is 0 Å². The first kappa shape index (κ1) is 18.7. The summed E-state index contributed by atoms with van der Waals surface area (Å²) in [6.07, 6.45) is 0. The third-order valence-electron chi connectivity index (χ3n) is 3.50. The minimum Gasteiger partial charge on any atom is -0.493 e. The topological polar surface area (TPSA) is 38.3 Å². The molecule has 0 spiro atoms. The smallest absolute Gasteiger partial charge is 0.230 e. The Bertz CT molecular complexity index is 661. The Morgan fingerprint density at radius 1 is 1.21 bits per heavy atom. The van der Waals surface area contributed by atoms with Gasteiger partial charge in [0.25, 0.3) is 0 Å². The highest BCUT2D eigenvalue weighted by molar-refractivity contribution is 7.99. The van der Waals surface area contributed by atoms with Gasteiger partial charge in [0.1, 0.15) is 5.75 Å². The molecule has 1 N–H and O–H groups in total. The molecule has 0 aromatic heterocycles. The van der Waals surface area contributed by atoms with Crippen LogP contribution in [0.1, 0.15) is 24.1 Å². The third-order valence-corrected chi connectivity index (χ3v) is 4.77. The van der Waals surface area contributed by atoms with Crippen LogP contribution in [0.25, 0.3) is 0 Å². The lowest BCUT2D eigenvalue weighted by atomic mass is 10.1. The summed E-state index contributed by atoms with van der Waals surface area (Å²) in [5.41, 5.74) is 2.14. The van der Waals surface area contributed by atoms with Crippen LogP contribution >= 0.6 is 23.4 Å². The van der Waals surface area contributed by atoms with Crippen LogP contribution in [0.3, 0.4) is 0 Å². The van der Waals surface area contributed by atoms with E-state index >= 15 is 0 Å². The molecule has 0 aliphatic rings. The number of hydrogen-bond donors (Lipinski definition) is 1. The number of carbonyl (C=O) groups is 1. The van der Waals surface area contributed by atoms with Crippen molar-refractivity contribution in [3.05, 3.63) is 64.7 Å². The van der Waals surface area contributed by atoms with E-state index in [0.29, 0.717) is 17.4 Å². The predicted octanol–water partition coefficient (Wildman–Crippen LogP) is 4.64. The second-order valence-electron chi connectivity index (χ2n) is 5.52. The van der Waals surface area contributed by atoms with Gasteiger partial charge in [-0.3, -0.25) is 4.79 Å². The van der Waals surface area contributed by atoms with Crippen molar-refractivity contribution in [2.45, 2.75) is 19.9 Å². The predicted molar refractivity (Wildman–Crippen MR) is 102 cm³/mol. The maximum atomic E-state index is 12.0. The maximum Gasteiger partial charge on any atom is 0.230 e. The molecule has 1 atom stereocenters. The molecule has 0 fully saturated rings. The van der Waals surface area contributed by atoms with Gasteiger partial charge in [-0.25, -0.2) is 0 Å². The van der Waals surface area contributed by atoms with Crippen molar-refractivity contribution < 1.29 is 9.53 Å². The van der Waals surface area contributed by atoms with Gasteiger partial charge in [-0.2, -0.15) is 0 Å². The molecule has 0 heterocycles. The monoisotopic (exact) mass is 363 g/mol. The highest BCUT2D eigenvalue weighted by Gasteiger charge is 2.12. The molecule has 2 aromatic rings. The summed E-state index contributed by atoms with van der Waals surface area (Å²) in [6, 6.07) is 15.4. The zero-order chi connectivity index (χ0) is 17.4. The quantitative estimate of drug-likeness (QED) is 0.694. The molecule has 0 saturated heterocycles. The number of aryl methyl sites for hydroxylation is 1. The van der Waals surface area contributed by atoms with Crippen molar-refractivity contribution in [1.29, 1.82) is 0 Å². The minimum atomic E-state index is -0.101. The average Bonchev–Trinajstić information content (AvgIpc) is 2.56. The molecular formula is C19H22ClNO2S. The molecule has 0 aliphatic heterocycles. The normalized spacial score (nSPS) is 11.8. The van der Waals surface area contributed by atoms with Gasteiger partial charge in [-0.15, -0.1) is 11.8 Å². The Kier molecular flexibility index (Phi) is 7.47. The van der Waals surface area contributed by atoms with Crippen LogP contribution < -0.4 is 10.1 Å². The summed E-state index contributed by atoms with van der Waals surface area (Å²) in [7, 11) is 0. The van der Waals surface area contributed by atoms with Crippen molar-refractivity contribution >= 4 is 29.3 Å². The van der Waals surface area contributed by atoms with Gasteiger partial charge in [0, 0.05) is 10.8 Å². The fourth-order valence-electron chi connectivity index (χ4n) is 2.20. The number of halogens is 1. The van der Waals surface area contributed by atoms with E-state index in [-0.39, 0.29) is 11.9 Å². The van der Waals surface area contributed by atoms with Gasteiger partial charge in [0.2, 0.25) is 5.91 Å². The second-order valence-corrected chi connectivity index (χ2v) is 7.04. The summed E-state index contributed by atoms with van der Waals surface area (Å²) in [6.45, 7) is 4.56. The van der Waals surface area contributed by atoms with Crippen LogP contribution in [-0.4, -0.2) is 24.0 Å². The lowest BCUT2D eigenvalue weighted by Crippen LogP contribution is -2.28. The van der Waals surface area contributed by atoms with Gasteiger partial charge in [0.05, 0.1) is 18.4 Å². The Morgan fingerprint density at radius 2 is 1.92 bits per heavy atom. The van der Waals surface area contributed by atoms with Crippen LogP contribution in [0.5, 0.6) is 5.75 Å². The zero-order valence-electron chi connectivity index (χ0n) is 13.9. The summed E-state index contributed by atoms with van der Waals surface area (Å²) in [5, 5.41) is 3.64. The first-order valence-electron chi connectivity index (χ1n) is 7.87. The maximum absolute atomic E-state index is 12.0. The van der Waals surface area contributed by atoms with E-state index in [1.54, 1.807) is 11.8 Å². The Morgan fingerprint density at radius 3 is 2.62 bits per heavy atom. The number of hydrogen-bond acceptors (Lipinski definition) is 3. The van der Waals surface area contributed by atoms with E-state index in [1.807, 2.05) is 62.4 Å².